The summed E-state index contributed by atoms with van der Waals surface area (Å²) in [7, 11) is 0. The van der Waals surface area contributed by atoms with Gasteiger partial charge in [-0.1, -0.05) is 124 Å². The normalized spacial score (nSPS) is 15.8. The van der Waals surface area contributed by atoms with Crippen molar-refractivity contribution in [3.05, 3.63) is 162 Å². The topological polar surface area (TPSA) is 51.8 Å². The van der Waals surface area contributed by atoms with E-state index < -0.39 is 24.5 Å². The summed E-state index contributed by atoms with van der Waals surface area (Å²) in [6.45, 7) is 4.99. The van der Waals surface area contributed by atoms with Gasteiger partial charge in [0.1, 0.15) is 0 Å². The van der Waals surface area contributed by atoms with Gasteiger partial charge in [0.25, 0.3) is 0 Å². The van der Waals surface area contributed by atoms with Crippen LogP contribution in [0.1, 0.15) is 108 Å². The second-order valence-electron chi connectivity index (χ2n) is 14.8. The Balaban J connectivity index is 0.000000394. The number of pyridine rings is 3. The van der Waals surface area contributed by atoms with Crippen LogP contribution in [0.25, 0.3) is 67.0 Å². The second kappa shape index (κ2) is 17.9. The minimum atomic E-state index is -2.42. The van der Waals surface area contributed by atoms with Crippen LogP contribution < -0.4 is 0 Å². The summed E-state index contributed by atoms with van der Waals surface area (Å²) in [4.78, 5) is 14.0. The van der Waals surface area contributed by atoms with Crippen molar-refractivity contribution in [2.75, 3.05) is 0 Å². The molecule has 0 aliphatic heterocycles. The number of aryl methyl sites for hydroxylation is 1. The fourth-order valence-corrected chi connectivity index (χ4v) is 7.65. The van der Waals surface area contributed by atoms with Crippen LogP contribution in [0.5, 0.6) is 0 Å². The van der Waals surface area contributed by atoms with Crippen LogP contribution in [-0.2, 0) is 20.1 Å². The molecule has 4 heterocycles. The maximum atomic E-state index is 9.18. The quantitative estimate of drug-likeness (QED) is 0.149. The van der Waals surface area contributed by atoms with Gasteiger partial charge in [0.15, 0.2) is 0 Å². The minimum Gasteiger partial charge on any atom is -0.486 e. The molecule has 0 spiro atoms. The van der Waals surface area contributed by atoms with Crippen molar-refractivity contribution >= 4 is 22.1 Å². The number of rotatable bonds is 7. The van der Waals surface area contributed by atoms with E-state index in [1.54, 1.807) is 24.5 Å². The van der Waals surface area contributed by atoms with Gasteiger partial charge in [-0.05, 0) is 94.8 Å². The van der Waals surface area contributed by atoms with Crippen molar-refractivity contribution in [1.82, 2.24) is 15.0 Å². The molecular formula is C52H49IrN3O-2. The molecule has 57 heavy (non-hydrogen) atoms. The van der Waals surface area contributed by atoms with Crippen LogP contribution in [0.3, 0.4) is 0 Å². The second-order valence-corrected chi connectivity index (χ2v) is 14.8. The summed E-state index contributed by atoms with van der Waals surface area (Å²) in [5, 5.41) is 1.57. The molecule has 1 fully saturated rings. The van der Waals surface area contributed by atoms with Crippen molar-refractivity contribution in [1.29, 1.82) is 0 Å². The number of fused-ring (bicyclic) bond motifs is 3. The molecule has 1 aliphatic rings. The summed E-state index contributed by atoms with van der Waals surface area (Å²) in [5.41, 5.74) is 9.27. The monoisotopic (exact) mass is 930 g/mol. The maximum absolute atomic E-state index is 9.18. The summed E-state index contributed by atoms with van der Waals surface area (Å²) in [5.74, 6) is -2.97. The van der Waals surface area contributed by atoms with Gasteiger partial charge in [0.05, 0.1) is 11.3 Å². The van der Waals surface area contributed by atoms with E-state index in [0.29, 0.717) is 46.7 Å². The SMILES string of the molecule is [2H]C([2H])([2H])c1cc(-c2[c-]ccc3c2oc2nc(-c4c(C([2H])(C)C)cc(-c5ccccc5)cc4C([2H])(C)C)ccc23)ncc1C1([2H])CCCCC1.[Ir].[c-]1ccccc1-c1ccccn1. The standard InChI is InChI=1S/C41H41N2O.C11H8N.Ir/c1-25(2)34-22-30(28-13-8-6-9-14-28)23-35(26(3)4)39(34)37-20-19-32-31-17-12-18-33(40(31)44-41(32)43-37)38-21-27(5)36(24-42-38)29-15-10-7-11-16-29;1-2-6-10(7-3-1)11-8-4-5-9-12-11;/h6,8-9,12-14,17,19-26,29H,7,10-11,15-16H2,1-5H3;1-6,8-9H;/q2*-1;/i5D3,25D,26D,29D;;. The average Bonchev–Trinajstić information content (AvgIpc) is 3.64. The molecule has 9 rings (SSSR count). The van der Waals surface area contributed by atoms with Gasteiger partial charge < -0.3 is 14.4 Å². The van der Waals surface area contributed by atoms with Gasteiger partial charge in [-0.15, -0.1) is 54.1 Å². The molecule has 0 amide bonds. The minimum absolute atomic E-state index is 0. The van der Waals surface area contributed by atoms with Crippen LogP contribution >= 0.6 is 0 Å². The molecular weight excluding hydrogens is 875 g/mol. The van der Waals surface area contributed by atoms with Crippen LogP contribution in [0.15, 0.2) is 132 Å². The van der Waals surface area contributed by atoms with E-state index in [-0.39, 0.29) is 25.7 Å². The molecule has 0 N–H and O–H groups in total. The van der Waals surface area contributed by atoms with Gasteiger partial charge in [-0.2, -0.15) is 0 Å². The summed E-state index contributed by atoms with van der Waals surface area (Å²) >= 11 is 0. The van der Waals surface area contributed by atoms with E-state index in [4.69, 9.17) is 19.9 Å². The van der Waals surface area contributed by atoms with Crippen LogP contribution in [0, 0.1) is 19.0 Å². The maximum Gasteiger partial charge on any atom is 0.216 e. The number of aromatic nitrogens is 3. The smallest absolute Gasteiger partial charge is 0.216 e. The third-order valence-electron chi connectivity index (χ3n) is 10.5. The molecule has 1 radical (unpaired) electrons. The van der Waals surface area contributed by atoms with Gasteiger partial charge in [0.2, 0.25) is 5.71 Å². The predicted molar refractivity (Wildman–Crippen MR) is 232 cm³/mol. The average molecular weight is 930 g/mol. The molecule has 4 aromatic heterocycles. The summed E-state index contributed by atoms with van der Waals surface area (Å²) in [6, 6.07) is 43.3. The molecule has 0 atom stereocenters. The van der Waals surface area contributed by atoms with E-state index in [0.717, 1.165) is 69.1 Å². The van der Waals surface area contributed by atoms with E-state index in [2.05, 4.69) is 17.1 Å². The van der Waals surface area contributed by atoms with E-state index in [1.807, 2.05) is 131 Å². The van der Waals surface area contributed by atoms with Crippen molar-refractivity contribution in [3.63, 3.8) is 0 Å². The van der Waals surface area contributed by atoms with E-state index in [1.165, 1.54) is 0 Å². The molecule has 0 saturated heterocycles. The fraction of sp³-hybridized carbons (Fsp3) is 0.250. The molecule has 4 aromatic carbocycles. The first-order valence-electron chi connectivity index (χ1n) is 22.4. The first-order chi connectivity index (χ1) is 29.5. The third kappa shape index (κ3) is 8.56. The first kappa shape index (κ1) is 32.8. The van der Waals surface area contributed by atoms with Crippen molar-refractivity contribution in [3.8, 4) is 44.9 Å². The largest absolute Gasteiger partial charge is 0.486 e. The summed E-state index contributed by atoms with van der Waals surface area (Å²) in [6.07, 6.45) is 7.44. The van der Waals surface area contributed by atoms with Crippen LogP contribution in [0.2, 0.25) is 0 Å². The Kier molecular flexibility index (Phi) is 10.3. The van der Waals surface area contributed by atoms with E-state index in [9.17, 15) is 2.74 Å². The van der Waals surface area contributed by atoms with Gasteiger partial charge in [-0.3, -0.25) is 0 Å². The Hall–Kier alpha value is -5.22. The predicted octanol–water partition coefficient (Wildman–Crippen LogP) is 14.3. The van der Waals surface area contributed by atoms with Crippen LogP contribution in [0.4, 0.5) is 0 Å². The number of benzene rings is 4. The molecule has 289 valence electrons. The number of furan rings is 1. The Morgan fingerprint density at radius 3 is 2.16 bits per heavy atom. The zero-order valence-electron chi connectivity index (χ0n) is 38.7. The van der Waals surface area contributed by atoms with Gasteiger partial charge >= 0.3 is 0 Å². The van der Waals surface area contributed by atoms with Crippen molar-refractivity contribution in [2.24, 2.45) is 0 Å². The molecule has 1 saturated carbocycles. The van der Waals surface area contributed by atoms with Crippen molar-refractivity contribution < 1.29 is 32.7 Å². The van der Waals surface area contributed by atoms with Crippen molar-refractivity contribution in [2.45, 2.75) is 84.3 Å². The number of nitrogens with zero attached hydrogens (tertiary/aromatic N) is 3. The van der Waals surface area contributed by atoms with Gasteiger partial charge in [-0.25, -0.2) is 4.98 Å². The Bertz CT molecular complexity index is 2770. The molecule has 0 bridgehead atoms. The van der Waals surface area contributed by atoms with Gasteiger partial charge in [0, 0.05) is 51.7 Å². The Morgan fingerprint density at radius 1 is 0.719 bits per heavy atom. The zero-order valence-corrected chi connectivity index (χ0v) is 35.1. The zero-order chi connectivity index (χ0) is 43.9. The first-order valence-corrected chi connectivity index (χ1v) is 19.4. The molecule has 8 aromatic rings. The molecule has 5 heteroatoms. The molecule has 4 nitrogen and oxygen atoms in total. The van der Waals surface area contributed by atoms with E-state index >= 15 is 0 Å². The van der Waals surface area contributed by atoms with Crippen LogP contribution in [-0.4, -0.2) is 15.0 Å². The fourth-order valence-electron chi connectivity index (χ4n) is 7.65. The molecule has 0 unspecified atom stereocenters. The number of hydrogen-bond donors (Lipinski definition) is 0. The third-order valence-corrected chi connectivity index (χ3v) is 10.5. The Morgan fingerprint density at radius 2 is 1.47 bits per heavy atom. The Labute approximate surface area is 359 Å². The molecule has 1 aliphatic carbocycles. The summed E-state index contributed by atoms with van der Waals surface area (Å²) < 4.78 is 59.1. The number of hydrogen-bond acceptors (Lipinski definition) is 4.